The first-order valence-electron chi connectivity index (χ1n) is 3.80. The van der Waals surface area contributed by atoms with Crippen LogP contribution in [0.25, 0.3) is 0 Å². The van der Waals surface area contributed by atoms with E-state index >= 15 is 0 Å². The lowest BCUT2D eigenvalue weighted by Crippen LogP contribution is -2.38. The van der Waals surface area contributed by atoms with E-state index in [9.17, 15) is 4.79 Å². The van der Waals surface area contributed by atoms with E-state index in [1.54, 1.807) is 17.2 Å². The Morgan fingerprint density at radius 2 is 2.50 bits per heavy atom. The summed E-state index contributed by atoms with van der Waals surface area (Å²) in [5.74, 6) is -1.08. The number of rotatable bonds is 2. The van der Waals surface area contributed by atoms with Crippen LogP contribution in [0.4, 0.5) is 0 Å². The Kier molecular flexibility index (Phi) is 2.70. The lowest BCUT2D eigenvalue weighted by molar-refractivity contribution is -0.140. The maximum absolute atomic E-state index is 10.5. The van der Waals surface area contributed by atoms with Gasteiger partial charge in [0.1, 0.15) is 0 Å². The molecule has 0 aromatic carbocycles. The van der Waals surface area contributed by atoms with Crippen LogP contribution in [0.5, 0.6) is 0 Å². The van der Waals surface area contributed by atoms with Crippen LogP contribution in [0.3, 0.4) is 0 Å². The van der Waals surface area contributed by atoms with Crippen molar-refractivity contribution in [2.45, 2.75) is 18.9 Å². The minimum Gasteiger partial charge on any atom is -0.479 e. The summed E-state index contributed by atoms with van der Waals surface area (Å²) in [5, 5.41) is 17.2. The van der Waals surface area contributed by atoms with Crippen LogP contribution < -0.4 is 0 Å². The molecular weight excluding hydrogens is 156 g/mol. The Morgan fingerprint density at radius 1 is 1.75 bits per heavy atom. The van der Waals surface area contributed by atoms with Crippen molar-refractivity contribution >= 4 is 5.97 Å². The largest absolute Gasteiger partial charge is 0.479 e. The van der Waals surface area contributed by atoms with Crippen molar-refractivity contribution in [3.8, 4) is 6.07 Å². The normalized spacial score (nSPS) is 18.4. The van der Waals surface area contributed by atoms with Gasteiger partial charge in [0, 0.05) is 6.54 Å². The molecule has 0 fully saturated rings. The molecule has 0 bridgehead atoms. The summed E-state index contributed by atoms with van der Waals surface area (Å²) in [6.07, 6.45) is 5.46. The lowest BCUT2D eigenvalue weighted by atomic mass is 10.2. The van der Waals surface area contributed by atoms with Crippen LogP contribution in [-0.2, 0) is 4.79 Å². The van der Waals surface area contributed by atoms with Gasteiger partial charge in [0.2, 0.25) is 6.04 Å². The number of nitrogens with zero attached hydrogens (tertiary/aromatic N) is 2. The van der Waals surface area contributed by atoms with E-state index in [1.165, 1.54) is 0 Å². The smallest absolute Gasteiger partial charge is 0.341 e. The molecule has 0 spiro atoms. The second-order valence-corrected chi connectivity index (χ2v) is 2.63. The molecule has 4 heteroatoms. The van der Waals surface area contributed by atoms with Crippen LogP contribution in [0.2, 0.25) is 0 Å². The highest BCUT2D eigenvalue weighted by Crippen LogP contribution is 2.09. The zero-order valence-electron chi connectivity index (χ0n) is 6.60. The number of allylic oxidation sites excluding steroid dienone is 1. The van der Waals surface area contributed by atoms with Crippen molar-refractivity contribution in [1.82, 2.24) is 4.90 Å². The molecule has 12 heavy (non-hydrogen) atoms. The lowest BCUT2D eigenvalue weighted by Gasteiger charge is -2.24. The van der Waals surface area contributed by atoms with Crippen molar-refractivity contribution in [3.05, 3.63) is 12.3 Å². The van der Waals surface area contributed by atoms with Crippen molar-refractivity contribution in [2.24, 2.45) is 0 Å². The molecule has 1 aliphatic heterocycles. The molecule has 4 nitrogen and oxygen atoms in total. The third-order valence-corrected chi connectivity index (χ3v) is 1.77. The summed E-state index contributed by atoms with van der Waals surface area (Å²) in [6.45, 7) is 0.654. The Bertz CT molecular complexity index is 242. The van der Waals surface area contributed by atoms with Crippen LogP contribution >= 0.6 is 0 Å². The molecule has 0 amide bonds. The molecule has 0 aromatic heterocycles. The van der Waals surface area contributed by atoms with Gasteiger partial charge in [-0.3, -0.25) is 0 Å². The number of carboxylic acids is 1. The number of carbonyl (C=O) groups is 1. The molecule has 0 saturated carbocycles. The maximum Gasteiger partial charge on any atom is 0.341 e. The zero-order chi connectivity index (χ0) is 8.97. The van der Waals surface area contributed by atoms with Gasteiger partial charge in [-0.15, -0.1) is 0 Å². The summed E-state index contributed by atoms with van der Waals surface area (Å²) in [4.78, 5) is 12.1. The summed E-state index contributed by atoms with van der Waals surface area (Å²) in [7, 11) is 0. The van der Waals surface area contributed by atoms with Gasteiger partial charge in [0.15, 0.2) is 0 Å². The van der Waals surface area contributed by atoms with Crippen LogP contribution in [0.15, 0.2) is 12.3 Å². The second-order valence-electron chi connectivity index (χ2n) is 2.63. The predicted molar refractivity (Wildman–Crippen MR) is 42.1 cm³/mol. The van der Waals surface area contributed by atoms with Crippen LogP contribution in [-0.4, -0.2) is 28.6 Å². The SMILES string of the molecule is N#CC(C(=O)O)N1C=CCCC1. The summed E-state index contributed by atoms with van der Waals surface area (Å²) < 4.78 is 0. The van der Waals surface area contributed by atoms with E-state index < -0.39 is 12.0 Å². The van der Waals surface area contributed by atoms with Crippen molar-refractivity contribution in [1.29, 1.82) is 5.26 Å². The average molecular weight is 166 g/mol. The topological polar surface area (TPSA) is 64.3 Å². The van der Waals surface area contributed by atoms with E-state index in [0.29, 0.717) is 6.54 Å². The van der Waals surface area contributed by atoms with Crippen LogP contribution in [0.1, 0.15) is 12.8 Å². The van der Waals surface area contributed by atoms with E-state index in [2.05, 4.69) is 0 Å². The Balaban J connectivity index is 2.66. The quantitative estimate of drug-likeness (QED) is 0.651. The molecule has 64 valence electrons. The van der Waals surface area contributed by atoms with Crippen molar-refractivity contribution in [3.63, 3.8) is 0 Å². The van der Waals surface area contributed by atoms with Gasteiger partial charge in [-0.2, -0.15) is 5.26 Å². The van der Waals surface area contributed by atoms with Gasteiger partial charge < -0.3 is 10.0 Å². The molecular formula is C8H10N2O2. The first-order chi connectivity index (χ1) is 5.75. The molecule has 0 aromatic rings. The predicted octanol–water partition coefficient (Wildman–Crippen LogP) is 0.573. The first-order valence-corrected chi connectivity index (χ1v) is 3.80. The third kappa shape index (κ3) is 1.76. The minimum atomic E-state index is -1.08. The maximum atomic E-state index is 10.5. The molecule has 1 aliphatic rings. The summed E-state index contributed by atoms with van der Waals surface area (Å²) in [5.41, 5.74) is 0. The van der Waals surface area contributed by atoms with Crippen molar-refractivity contribution < 1.29 is 9.90 Å². The fourth-order valence-corrected chi connectivity index (χ4v) is 1.16. The van der Waals surface area contributed by atoms with Gasteiger partial charge >= 0.3 is 5.97 Å². The minimum absolute atomic E-state index is 0.654. The molecule has 1 rings (SSSR count). The van der Waals surface area contributed by atoms with Gasteiger partial charge in [-0.05, 0) is 19.0 Å². The van der Waals surface area contributed by atoms with Gasteiger partial charge in [-0.1, -0.05) is 6.08 Å². The number of hydrogen-bond acceptors (Lipinski definition) is 3. The monoisotopic (exact) mass is 166 g/mol. The van der Waals surface area contributed by atoms with E-state index in [4.69, 9.17) is 10.4 Å². The van der Waals surface area contributed by atoms with Gasteiger partial charge in [0.05, 0.1) is 6.07 Å². The Labute approximate surface area is 70.7 Å². The molecule has 1 heterocycles. The third-order valence-electron chi connectivity index (χ3n) is 1.77. The molecule has 0 aliphatic carbocycles. The highest BCUT2D eigenvalue weighted by Gasteiger charge is 2.22. The van der Waals surface area contributed by atoms with Crippen molar-refractivity contribution in [2.75, 3.05) is 6.54 Å². The second kappa shape index (κ2) is 3.77. The van der Waals surface area contributed by atoms with Crippen LogP contribution in [0, 0.1) is 11.3 Å². The Morgan fingerprint density at radius 3 is 2.92 bits per heavy atom. The standard InChI is InChI=1S/C8H10N2O2/c9-6-7(8(11)12)10-4-2-1-3-5-10/h2,4,7H,1,3,5H2,(H,11,12). The highest BCUT2D eigenvalue weighted by molar-refractivity contribution is 5.76. The molecule has 0 radical (unpaired) electrons. The average Bonchev–Trinajstić information content (AvgIpc) is 2.07. The van der Waals surface area contributed by atoms with Gasteiger partial charge in [-0.25, -0.2) is 4.79 Å². The van der Waals surface area contributed by atoms with E-state index in [0.717, 1.165) is 12.8 Å². The summed E-state index contributed by atoms with van der Waals surface area (Å²) in [6, 6.07) is 0.720. The Hall–Kier alpha value is -1.50. The molecule has 1 atom stereocenters. The first kappa shape index (κ1) is 8.60. The molecule has 0 saturated heterocycles. The fourth-order valence-electron chi connectivity index (χ4n) is 1.16. The van der Waals surface area contributed by atoms with Gasteiger partial charge in [0.25, 0.3) is 0 Å². The molecule has 1 N–H and O–H groups in total. The number of nitriles is 1. The fraction of sp³-hybridized carbons (Fsp3) is 0.500. The highest BCUT2D eigenvalue weighted by atomic mass is 16.4. The number of aliphatic carboxylic acids is 1. The zero-order valence-corrected chi connectivity index (χ0v) is 6.60. The van der Waals surface area contributed by atoms with E-state index in [1.807, 2.05) is 6.08 Å². The summed E-state index contributed by atoms with van der Waals surface area (Å²) >= 11 is 0. The number of hydrogen-bond donors (Lipinski definition) is 1. The number of carboxylic acid groups (broad SMARTS) is 1. The van der Waals surface area contributed by atoms with E-state index in [-0.39, 0.29) is 0 Å². The molecule has 1 unspecified atom stereocenters.